The Balaban J connectivity index is 2.44. The minimum Gasteiger partial charge on any atom is -0.277 e. The van der Waals surface area contributed by atoms with Crippen LogP contribution < -0.4 is 5.56 Å². The SMILES string of the molecule is CC(C)(C)c1ccc(C(C)(C)C)c(-n2c(=O)ccc3ccccc32)c1. The van der Waals surface area contributed by atoms with Crippen molar-refractivity contribution in [3.05, 3.63) is 76.1 Å². The van der Waals surface area contributed by atoms with Gasteiger partial charge in [0, 0.05) is 6.07 Å². The quantitative estimate of drug-likeness (QED) is 0.569. The summed E-state index contributed by atoms with van der Waals surface area (Å²) in [5, 5.41) is 1.07. The van der Waals surface area contributed by atoms with E-state index in [1.165, 1.54) is 11.1 Å². The largest absolute Gasteiger partial charge is 0.277 e. The van der Waals surface area contributed by atoms with E-state index in [0.717, 1.165) is 16.6 Å². The third kappa shape index (κ3) is 3.26. The minimum absolute atomic E-state index is 0.00950. The van der Waals surface area contributed by atoms with Gasteiger partial charge < -0.3 is 0 Å². The summed E-state index contributed by atoms with van der Waals surface area (Å²) >= 11 is 0. The number of para-hydroxylation sites is 1. The number of nitrogens with zero attached hydrogens (tertiary/aromatic N) is 1. The van der Waals surface area contributed by atoms with Crippen LogP contribution in [0, 0.1) is 0 Å². The van der Waals surface area contributed by atoms with Crippen molar-refractivity contribution >= 4 is 10.9 Å². The average molecular weight is 333 g/mol. The summed E-state index contributed by atoms with van der Waals surface area (Å²) in [5.41, 5.74) is 4.33. The second kappa shape index (κ2) is 5.87. The molecule has 0 radical (unpaired) electrons. The van der Waals surface area contributed by atoms with E-state index in [4.69, 9.17) is 0 Å². The van der Waals surface area contributed by atoms with Crippen LogP contribution in [0.25, 0.3) is 16.6 Å². The molecule has 0 saturated heterocycles. The Morgan fingerprint density at radius 1 is 0.760 bits per heavy atom. The number of hydrogen-bond acceptors (Lipinski definition) is 1. The maximum absolute atomic E-state index is 12.8. The molecule has 0 atom stereocenters. The molecule has 130 valence electrons. The Kier molecular flexibility index (Phi) is 4.10. The zero-order chi connectivity index (χ0) is 18.4. The lowest BCUT2D eigenvalue weighted by Gasteiger charge is -2.28. The first-order valence-corrected chi connectivity index (χ1v) is 8.85. The summed E-state index contributed by atoms with van der Waals surface area (Å²) < 4.78 is 1.87. The molecule has 1 heterocycles. The molecule has 0 amide bonds. The van der Waals surface area contributed by atoms with Gasteiger partial charge in [0.15, 0.2) is 0 Å². The third-order valence-corrected chi connectivity index (χ3v) is 4.72. The van der Waals surface area contributed by atoms with Crippen LogP contribution in [0.4, 0.5) is 0 Å². The van der Waals surface area contributed by atoms with Gasteiger partial charge in [-0.2, -0.15) is 0 Å². The van der Waals surface area contributed by atoms with E-state index in [1.54, 1.807) is 6.07 Å². The summed E-state index contributed by atoms with van der Waals surface area (Å²) in [6, 6.07) is 18.2. The van der Waals surface area contributed by atoms with Crippen molar-refractivity contribution in [1.29, 1.82) is 0 Å². The fourth-order valence-electron chi connectivity index (χ4n) is 3.25. The smallest absolute Gasteiger partial charge is 0.255 e. The molecule has 0 bridgehead atoms. The Hall–Kier alpha value is -2.35. The normalized spacial score (nSPS) is 12.6. The fraction of sp³-hybridized carbons (Fsp3) is 0.348. The van der Waals surface area contributed by atoms with Gasteiger partial charge in [-0.3, -0.25) is 9.36 Å². The minimum atomic E-state index is -0.0534. The Labute approximate surface area is 150 Å². The van der Waals surface area contributed by atoms with E-state index in [9.17, 15) is 4.79 Å². The summed E-state index contributed by atoms with van der Waals surface area (Å²) in [7, 11) is 0. The van der Waals surface area contributed by atoms with Crippen LogP contribution in [-0.2, 0) is 10.8 Å². The van der Waals surface area contributed by atoms with Gasteiger partial charge in [-0.05, 0) is 45.5 Å². The standard InChI is InChI=1S/C23H27NO/c1-22(2,3)17-12-13-18(23(4,5)6)20(15-17)24-19-10-8-7-9-16(19)11-14-21(24)25/h7-15H,1-6H3. The molecular weight excluding hydrogens is 306 g/mol. The molecule has 0 unspecified atom stereocenters. The average Bonchev–Trinajstić information content (AvgIpc) is 2.52. The van der Waals surface area contributed by atoms with Crippen molar-refractivity contribution in [2.24, 2.45) is 0 Å². The van der Waals surface area contributed by atoms with Gasteiger partial charge in [-0.1, -0.05) is 71.9 Å². The van der Waals surface area contributed by atoms with Crippen molar-refractivity contribution in [3.63, 3.8) is 0 Å². The Bertz CT molecular complexity index is 981. The van der Waals surface area contributed by atoms with Gasteiger partial charge in [-0.15, -0.1) is 0 Å². The van der Waals surface area contributed by atoms with Crippen LogP contribution in [0.3, 0.4) is 0 Å². The molecule has 2 heteroatoms. The van der Waals surface area contributed by atoms with Crippen LogP contribution >= 0.6 is 0 Å². The van der Waals surface area contributed by atoms with E-state index < -0.39 is 0 Å². The van der Waals surface area contributed by atoms with E-state index in [-0.39, 0.29) is 16.4 Å². The lowest BCUT2D eigenvalue weighted by atomic mass is 9.81. The summed E-state index contributed by atoms with van der Waals surface area (Å²) in [6.45, 7) is 13.2. The number of aromatic nitrogens is 1. The predicted molar refractivity (Wildman–Crippen MR) is 107 cm³/mol. The van der Waals surface area contributed by atoms with Gasteiger partial charge >= 0.3 is 0 Å². The first-order valence-electron chi connectivity index (χ1n) is 8.85. The van der Waals surface area contributed by atoms with E-state index in [0.29, 0.717) is 0 Å². The highest BCUT2D eigenvalue weighted by molar-refractivity contribution is 5.81. The van der Waals surface area contributed by atoms with Crippen LogP contribution in [-0.4, -0.2) is 4.57 Å². The first kappa shape index (κ1) is 17.5. The van der Waals surface area contributed by atoms with E-state index in [1.807, 2.05) is 28.8 Å². The van der Waals surface area contributed by atoms with E-state index >= 15 is 0 Å². The molecular formula is C23H27NO. The number of pyridine rings is 1. The van der Waals surface area contributed by atoms with Crippen LogP contribution in [0.1, 0.15) is 52.7 Å². The third-order valence-electron chi connectivity index (χ3n) is 4.72. The summed E-state index contributed by atoms with van der Waals surface area (Å²) in [4.78, 5) is 12.8. The predicted octanol–water partition coefficient (Wildman–Crippen LogP) is 5.59. The second-order valence-electron chi connectivity index (χ2n) is 8.80. The van der Waals surface area contributed by atoms with Gasteiger partial charge in [0.1, 0.15) is 0 Å². The summed E-state index contributed by atoms with van der Waals surface area (Å²) in [6.07, 6.45) is 0. The molecule has 3 rings (SSSR count). The van der Waals surface area contributed by atoms with Gasteiger partial charge in [-0.25, -0.2) is 0 Å². The van der Waals surface area contributed by atoms with Crippen LogP contribution in [0.15, 0.2) is 59.4 Å². The highest BCUT2D eigenvalue weighted by atomic mass is 16.1. The maximum Gasteiger partial charge on any atom is 0.255 e. The highest BCUT2D eigenvalue weighted by Crippen LogP contribution is 2.33. The highest BCUT2D eigenvalue weighted by Gasteiger charge is 2.23. The lowest BCUT2D eigenvalue weighted by molar-refractivity contribution is 0.573. The van der Waals surface area contributed by atoms with Gasteiger partial charge in [0.25, 0.3) is 5.56 Å². The number of hydrogen-bond donors (Lipinski definition) is 0. The topological polar surface area (TPSA) is 22.0 Å². The van der Waals surface area contributed by atoms with Crippen molar-refractivity contribution in [1.82, 2.24) is 4.57 Å². The molecule has 0 aliphatic carbocycles. The number of rotatable bonds is 1. The zero-order valence-corrected chi connectivity index (χ0v) is 16.1. The van der Waals surface area contributed by atoms with Crippen molar-refractivity contribution in [2.45, 2.75) is 52.4 Å². The molecule has 0 aliphatic rings. The molecule has 25 heavy (non-hydrogen) atoms. The van der Waals surface area contributed by atoms with Crippen LogP contribution in [0.2, 0.25) is 0 Å². The molecule has 3 aromatic rings. The monoisotopic (exact) mass is 333 g/mol. The zero-order valence-electron chi connectivity index (χ0n) is 16.1. The fourth-order valence-corrected chi connectivity index (χ4v) is 3.25. The van der Waals surface area contributed by atoms with Crippen molar-refractivity contribution < 1.29 is 0 Å². The first-order chi connectivity index (χ1) is 11.6. The molecule has 0 aliphatic heterocycles. The Morgan fingerprint density at radius 3 is 2.08 bits per heavy atom. The van der Waals surface area contributed by atoms with Crippen LogP contribution in [0.5, 0.6) is 0 Å². The number of fused-ring (bicyclic) bond motifs is 1. The maximum atomic E-state index is 12.8. The summed E-state index contributed by atoms with van der Waals surface area (Å²) in [5.74, 6) is 0. The molecule has 0 fully saturated rings. The molecule has 1 aromatic heterocycles. The Morgan fingerprint density at radius 2 is 1.44 bits per heavy atom. The molecule has 0 saturated carbocycles. The second-order valence-corrected chi connectivity index (χ2v) is 8.80. The number of benzene rings is 2. The molecule has 2 nitrogen and oxygen atoms in total. The van der Waals surface area contributed by atoms with Crippen molar-refractivity contribution in [2.75, 3.05) is 0 Å². The molecule has 0 N–H and O–H groups in total. The van der Waals surface area contributed by atoms with E-state index in [2.05, 4.69) is 65.8 Å². The lowest BCUT2D eigenvalue weighted by Crippen LogP contribution is -2.24. The van der Waals surface area contributed by atoms with Gasteiger partial charge in [0.2, 0.25) is 0 Å². The van der Waals surface area contributed by atoms with Gasteiger partial charge in [0.05, 0.1) is 11.2 Å². The molecule has 2 aromatic carbocycles. The molecule has 0 spiro atoms. The van der Waals surface area contributed by atoms with Crippen molar-refractivity contribution in [3.8, 4) is 5.69 Å².